The number of ether oxygens (including phenoxy) is 2. The second-order valence-electron chi connectivity index (χ2n) is 9.84. The molecule has 1 aliphatic heterocycles. The molecular formula is C31H36N4O6. The molecule has 3 amide bonds. The molecule has 0 bridgehead atoms. The Bertz CT molecular complexity index is 1290. The van der Waals surface area contributed by atoms with Crippen LogP contribution in [0.25, 0.3) is 0 Å². The number of esters is 1. The molecule has 10 heteroatoms. The highest BCUT2D eigenvalue weighted by Crippen LogP contribution is 2.28. The Morgan fingerprint density at radius 3 is 2.49 bits per heavy atom. The van der Waals surface area contributed by atoms with Gasteiger partial charge in [0.05, 0.1) is 18.0 Å². The van der Waals surface area contributed by atoms with E-state index in [0.717, 1.165) is 37.7 Å². The number of rotatable bonds is 10. The summed E-state index contributed by atoms with van der Waals surface area (Å²) in [6, 6.07) is 15.7. The summed E-state index contributed by atoms with van der Waals surface area (Å²) >= 11 is 0. The fourth-order valence-electron chi connectivity index (χ4n) is 4.91. The van der Waals surface area contributed by atoms with Crippen LogP contribution in [0.5, 0.6) is 0 Å². The Morgan fingerprint density at radius 1 is 1.00 bits per heavy atom. The van der Waals surface area contributed by atoms with E-state index in [-0.39, 0.29) is 32.3 Å². The number of hydrogen-bond donors (Lipinski definition) is 2. The molecule has 1 aliphatic carbocycles. The van der Waals surface area contributed by atoms with Crippen LogP contribution in [0.1, 0.15) is 50.2 Å². The van der Waals surface area contributed by atoms with Crippen molar-refractivity contribution in [3.05, 3.63) is 77.9 Å². The van der Waals surface area contributed by atoms with Crippen molar-refractivity contribution >= 4 is 35.3 Å². The number of nitrogens with zero attached hydrogens (tertiary/aromatic N) is 2. The molecule has 0 spiro atoms. The highest BCUT2D eigenvalue weighted by molar-refractivity contribution is 6.20. The van der Waals surface area contributed by atoms with Gasteiger partial charge in [0.15, 0.2) is 6.04 Å². The zero-order chi connectivity index (χ0) is 29.0. The van der Waals surface area contributed by atoms with Gasteiger partial charge in [-0.15, -0.1) is 0 Å². The van der Waals surface area contributed by atoms with Gasteiger partial charge in [-0.05, 0) is 25.8 Å². The van der Waals surface area contributed by atoms with Gasteiger partial charge in [-0.3, -0.25) is 14.6 Å². The Hall–Kier alpha value is -4.47. The number of carbonyl (C=O) groups is 4. The number of hydrogen-bond acceptors (Lipinski definition) is 7. The lowest BCUT2D eigenvalue weighted by molar-refractivity contribution is -0.137. The summed E-state index contributed by atoms with van der Waals surface area (Å²) in [4.78, 5) is 57.0. The summed E-state index contributed by atoms with van der Waals surface area (Å²) < 4.78 is 10.3. The quantitative estimate of drug-likeness (QED) is 0.338. The summed E-state index contributed by atoms with van der Waals surface area (Å²) in [5, 5.41) is 5.59. The van der Waals surface area contributed by atoms with E-state index >= 15 is 0 Å². The van der Waals surface area contributed by atoms with Gasteiger partial charge in [0.2, 0.25) is 5.91 Å². The Kier molecular flexibility index (Phi) is 10.6. The molecule has 0 saturated heterocycles. The highest BCUT2D eigenvalue weighted by atomic mass is 16.5. The number of benzene rings is 2. The lowest BCUT2D eigenvalue weighted by Gasteiger charge is -2.25. The van der Waals surface area contributed by atoms with E-state index in [0.29, 0.717) is 17.0 Å². The van der Waals surface area contributed by atoms with Gasteiger partial charge < -0.3 is 25.0 Å². The summed E-state index contributed by atoms with van der Waals surface area (Å²) in [6.07, 6.45) is 7.22. The average Bonchev–Trinajstić information content (AvgIpc) is 3.10. The fourth-order valence-corrected chi connectivity index (χ4v) is 4.91. The predicted molar refractivity (Wildman–Crippen MR) is 155 cm³/mol. The number of nitrogens with one attached hydrogen (secondary N) is 2. The van der Waals surface area contributed by atoms with Crippen molar-refractivity contribution in [2.24, 2.45) is 4.99 Å². The Balaban J connectivity index is 1.54. The lowest BCUT2D eigenvalue weighted by Crippen LogP contribution is -2.46. The van der Waals surface area contributed by atoms with Crippen LogP contribution in [-0.4, -0.2) is 68.0 Å². The number of fused-ring (bicyclic) bond motifs is 1. The van der Waals surface area contributed by atoms with Crippen molar-refractivity contribution in [1.82, 2.24) is 10.6 Å². The Morgan fingerprint density at radius 2 is 1.73 bits per heavy atom. The van der Waals surface area contributed by atoms with Gasteiger partial charge in [-0.1, -0.05) is 73.9 Å². The molecule has 1 saturated carbocycles. The van der Waals surface area contributed by atoms with Crippen molar-refractivity contribution in [2.45, 2.75) is 51.1 Å². The van der Waals surface area contributed by atoms with Gasteiger partial charge in [-0.2, -0.15) is 0 Å². The summed E-state index contributed by atoms with van der Waals surface area (Å²) in [5.41, 5.74) is 2.55. The van der Waals surface area contributed by atoms with Crippen LogP contribution < -0.4 is 15.5 Å². The molecule has 10 nitrogen and oxygen atoms in total. The number of anilines is 1. The van der Waals surface area contributed by atoms with Gasteiger partial charge in [-0.25, -0.2) is 9.59 Å². The summed E-state index contributed by atoms with van der Waals surface area (Å²) in [5.74, 6) is -1.40. The number of benzodiazepines with no additional fused rings is 1. The van der Waals surface area contributed by atoms with Crippen molar-refractivity contribution in [2.75, 3.05) is 31.2 Å². The normalized spacial score (nSPS) is 17.3. The zero-order valence-corrected chi connectivity index (χ0v) is 23.2. The van der Waals surface area contributed by atoms with Gasteiger partial charge in [0.1, 0.15) is 13.2 Å². The third kappa shape index (κ3) is 8.26. The van der Waals surface area contributed by atoms with E-state index in [1.54, 1.807) is 19.1 Å². The van der Waals surface area contributed by atoms with Gasteiger partial charge in [0.25, 0.3) is 5.91 Å². The molecular weight excluding hydrogens is 524 g/mol. The van der Waals surface area contributed by atoms with Crippen molar-refractivity contribution in [3.63, 3.8) is 0 Å². The van der Waals surface area contributed by atoms with Crippen molar-refractivity contribution in [1.29, 1.82) is 0 Å². The largest absolute Gasteiger partial charge is 0.463 e. The molecule has 216 valence electrons. The van der Waals surface area contributed by atoms with E-state index in [1.807, 2.05) is 42.5 Å². The maximum atomic E-state index is 13.9. The number of alkyl carbamates (subject to hydrolysis) is 1. The van der Waals surface area contributed by atoms with Crippen LogP contribution in [-0.2, 0) is 23.9 Å². The smallest absolute Gasteiger partial charge is 0.407 e. The minimum Gasteiger partial charge on any atom is -0.463 e. The maximum absolute atomic E-state index is 13.9. The topological polar surface area (TPSA) is 126 Å². The van der Waals surface area contributed by atoms with Crippen molar-refractivity contribution < 1.29 is 28.7 Å². The number of aliphatic imine (C=N–C) groups is 1. The fraction of sp³-hybridized carbons (Fsp3) is 0.387. The molecule has 2 aliphatic rings. The third-order valence-electron chi connectivity index (χ3n) is 6.89. The molecule has 4 rings (SSSR count). The first-order valence-electron chi connectivity index (χ1n) is 14.0. The second kappa shape index (κ2) is 14.8. The molecule has 0 aromatic heterocycles. The lowest BCUT2D eigenvalue weighted by atomic mass is 9.96. The van der Waals surface area contributed by atoms with E-state index in [1.165, 1.54) is 17.1 Å². The van der Waals surface area contributed by atoms with Crippen molar-refractivity contribution in [3.8, 4) is 0 Å². The SMILES string of the molecule is CCOC(=O)/C=C/CNC(=O)CN1C(=O)[C@@H](COC(=O)NC2CCCCC2)N=C(c2ccccc2)c2ccccc21. The summed E-state index contributed by atoms with van der Waals surface area (Å²) in [7, 11) is 0. The molecule has 1 heterocycles. The molecule has 0 radical (unpaired) electrons. The molecule has 2 N–H and O–H groups in total. The molecule has 0 unspecified atom stereocenters. The minimum atomic E-state index is -1.06. The van der Waals surface area contributed by atoms with Crippen LogP contribution in [0.4, 0.5) is 10.5 Å². The predicted octanol–water partition coefficient (Wildman–Crippen LogP) is 3.53. The third-order valence-corrected chi connectivity index (χ3v) is 6.89. The second-order valence-corrected chi connectivity index (χ2v) is 9.84. The zero-order valence-electron chi connectivity index (χ0n) is 23.2. The molecule has 1 fully saturated rings. The highest BCUT2D eigenvalue weighted by Gasteiger charge is 2.34. The first-order valence-corrected chi connectivity index (χ1v) is 14.0. The minimum absolute atomic E-state index is 0.0618. The number of para-hydroxylation sites is 1. The van der Waals surface area contributed by atoms with E-state index < -0.39 is 29.9 Å². The number of amides is 3. The van der Waals surface area contributed by atoms with E-state index in [9.17, 15) is 19.2 Å². The Labute approximate surface area is 239 Å². The first-order chi connectivity index (χ1) is 20.0. The van der Waals surface area contributed by atoms with Gasteiger partial charge >= 0.3 is 12.1 Å². The number of carbonyl (C=O) groups excluding carboxylic acids is 4. The maximum Gasteiger partial charge on any atom is 0.407 e. The van der Waals surface area contributed by atoms with E-state index in [4.69, 9.17) is 14.5 Å². The standard InChI is InChI=1S/C31H36N4O6/c1-2-40-28(37)18-11-19-32-27(36)20-35-26-17-10-9-16-24(26)29(22-12-5-3-6-13-22)34-25(30(35)38)21-41-31(39)33-23-14-7-4-8-15-23/h3,5-6,9-13,16-18,23,25H,2,4,7-8,14-15,19-21H2,1H3,(H,32,36)(H,33,39)/b18-11+/t25-/m1/s1. The van der Waals surface area contributed by atoms with Crippen LogP contribution in [0.3, 0.4) is 0 Å². The van der Waals surface area contributed by atoms with Crippen LogP contribution in [0.2, 0.25) is 0 Å². The average molecular weight is 561 g/mol. The molecule has 2 aromatic rings. The monoisotopic (exact) mass is 560 g/mol. The molecule has 2 aromatic carbocycles. The first kappa shape index (κ1) is 29.5. The van der Waals surface area contributed by atoms with Crippen LogP contribution >= 0.6 is 0 Å². The molecule has 1 atom stereocenters. The van der Waals surface area contributed by atoms with Crippen LogP contribution in [0, 0.1) is 0 Å². The summed E-state index contributed by atoms with van der Waals surface area (Å²) in [6.45, 7) is 1.48. The van der Waals surface area contributed by atoms with Crippen LogP contribution in [0.15, 0.2) is 71.7 Å². The van der Waals surface area contributed by atoms with Gasteiger partial charge in [0, 0.05) is 29.8 Å². The molecule has 41 heavy (non-hydrogen) atoms. The van der Waals surface area contributed by atoms with E-state index in [2.05, 4.69) is 10.6 Å².